The molecule has 0 aliphatic carbocycles. The highest BCUT2D eigenvalue weighted by Gasteiger charge is 2.12. The number of carbonyl (C=O) groups excluding carboxylic acids is 1. The zero-order chi connectivity index (χ0) is 17.4. The van der Waals surface area contributed by atoms with Crippen molar-refractivity contribution in [2.45, 2.75) is 24.9 Å². The monoisotopic (exact) mass is 363 g/mol. The molecule has 0 unspecified atom stereocenters. The summed E-state index contributed by atoms with van der Waals surface area (Å²) >= 11 is 7.68. The minimum absolute atomic E-state index is 0.0291. The minimum Gasteiger partial charge on any atom is -0.492 e. The third-order valence-corrected chi connectivity index (χ3v) is 5.15. The van der Waals surface area contributed by atoms with Crippen LogP contribution in [0.1, 0.15) is 18.1 Å². The van der Waals surface area contributed by atoms with E-state index in [0.717, 1.165) is 11.3 Å². The number of thioether (sulfide) groups is 1. The Hall–Kier alpha value is -1.65. The van der Waals surface area contributed by atoms with Crippen LogP contribution in [0, 0.1) is 6.92 Å². The summed E-state index contributed by atoms with van der Waals surface area (Å²) < 4.78 is 5.60. The molecule has 2 rings (SSSR count). The first-order valence-corrected chi connectivity index (χ1v) is 9.31. The van der Waals surface area contributed by atoms with Crippen molar-refractivity contribution in [1.82, 2.24) is 5.32 Å². The second-order valence-corrected chi connectivity index (χ2v) is 7.23. The molecular weight excluding hydrogens is 342 g/mol. The molecule has 2 aromatic rings. The number of rotatable bonds is 8. The highest BCUT2D eigenvalue weighted by Crippen LogP contribution is 2.21. The molecule has 5 heteroatoms. The van der Waals surface area contributed by atoms with E-state index in [4.69, 9.17) is 16.3 Å². The number of nitrogens with one attached hydrogen (secondary N) is 1. The van der Waals surface area contributed by atoms with Gasteiger partial charge in [0.05, 0.1) is 11.8 Å². The van der Waals surface area contributed by atoms with E-state index in [1.54, 1.807) is 17.8 Å². The molecule has 0 spiro atoms. The van der Waals surface area contributed by atoms with Gasteiger partial charge in [-0.15, -0.1) is 11.8 Å². The van der Waals surface area contributed by atoms with Gasteiger partial charge in [0.2, 0.25) is 5.91 Å². The summed E-state index contributed by atoms with van der Waals surface area (Å²) in [5, 5.41) is 3.48. The molecule has 2 aromatic carbocycles. The van der Waals surface area contributed by atoms with E-state index in [1.807, 2.05) is 44.2 Å². The smallest absolute Gasteiger partial charge is 0.232 e. The quantitative estimate of drug-likeness (QED) is 0.703. The predicted octanol–water partition coefficient (Wildman–Crippen LogP) is 4.47. The zero-order valence-corrected chi connectivity index (χ0v) is 15.5. The molecule has 0 fully saturated rings. The summed E-state index contributed by atoms with van der Waals surface area (Å²) in [5.74, 6) is 1.57. The Labute approximate surface area is 152 Å². The fraction of sp³-hybridized carbons (Fsp3) is 0.316. The van der Waals surface area contributed by atoms with Crippen molar-refractivity contribution in [3.05, 3.63) is 64.7 Å². The Kier molecular flexibility index (Phi) is 7.47. The van der Waals surface area contributed by atoms with E-state index >= 15 is 0 Å². The maximum absolute atomic E-state index is 12.1. The molecular formula is C19H22ClNO2S. The number of benzene rings is 2. The zero-order valence-electron chi connectivity index (χ0n) is 13.9. The average Bonchev–Trinajstić information content (AvgIpc) is 2.60. The molecule has 1 amide bonds. The lowest BCUT2D eigenvalue weighted by molar-refractivity contribution is -0.120. The van der Waals surface area contributed by atoms with Gasteiger partial charge in [-0.05, 0) is 37.1 Å². The van der Waals surface area contributed by atoms with E-state index in [-0.39, 0.29) is 11.2 Å². The third-order valence-electron chi connectivity index (χ3n) is 3.53. The van der Waals surface area contributed by atoms with Gasteiger partial charge < -0.3 is 10.1 Å². The Morgan fingerprint density at radius 3 is 2.71 bits per heavy atom. The van der Waals surface area contributed by atoms with Gasteiger partial charge in [-0.1, -0.05) is 48.0 Å². The normalized spacial score (nSPS) is 11.8. The lowest BCUT2D eigenvalue weighted by Gasteiger charge is -2.13. The number of hydrogen-bond acceptors (Lipinski definition) is 3. The van der Waals surface area contributed by atoms with Gasteiger partial charge in [0.1, 0.15) is 12.4 Å². The summed E-state index contributed by atoms with van der Waals surface area (Å²) in [4.78, 5) is 12.1. The van der Waals surface area contributed by atoms with Crippen molar-refractivity contribution in [3.8, 4) is 5.75 Å². The van der Waals surface area contributed by atoms with Crippen molar-refractivity contribution in [2.75, 3.05) is 13.2 Å². The van der Waals surface area contributed by atoms with Crippen molar-refractivity contribution in [1.29, 1.82) is 0 Å². The van der Waals surface area contributed by atoms with Gasteiger partial charge in [0.25, 0.3) is 0 Å². The second-order valence-electron chi connectivity index (χ2n) is 5.49. The molecule has 0 bridgehead atoms. The van der Waals surface area contributed by atoms with Crippen LogP contribution in [0.25, 0.3) is 0 Å². The molecule has 0 aliphatic heterocycles. The number of hydrogen-bond donors (Lipinski definition) is 1. The summed E-state index contributed by atoms with van der Waals surface area (Å²) in [6.07, 6.45) is 0. The van der Waals surface area contributed by atoms with Crippen LogP contribution in [0.3, 0.4) is 0 Å². The van der Waals surface area contributed by atoms with E-state index in [1.165, 1.54) is 5.56 Å². The highest BCUT2D eigenvalue weighted by atomic mass is 35.5. The highest BCUT2D eigenvalue weighted by molar-refractivity contribution is 7.99. The fourth-order valence-corrected chi connectivity index (χ4v) is 3.06. The Balaban J connectivity index is 1.66. The van der Waals surface area contributed by atoms with Gasteiger partial charge in [0, 0.05) is 10.8 Å². The van der Waals surface area contributed by atoms with Crippen LogP contribution in [0.5, 0.6) is 5.75 Å². The van der Waals surface area contributed by atoms with Crippen LogP contribution in [-0.2, 0) is 10.5 Å². The number of amides is 1. The van der Waals surface area contributed by atoms with Crippen molar-refractivity contribution in [3.63, 3.8) is 0 Å². The van der Waals surface area contributed by atoms with Gasteiger partial charge in [-0.3, -0.25) is 4.79 Å². The molecule has 1 N–H and O–H groups in total. The minimum atomic E-state index is -0.0981. The molecule has 0 aliphatic rings. The number of ether oxygens (including phenoxy) is 1. The average molecular weight is 364 g/mol. The van der Waals surface area contributed by atoms with Crippen molar-refractivity contribution in [2.24, 2.45) is 0 Å². The van der Waals surface area contributed by atoms with Crippen molar-refractivity contribution >= 4 is 29.3 Å². The van der Waals surface area contributed by atoms with Gasteiger partial charge in [-0.25, -0.2) is 0 Å². The summed E-state index contributed by atoms with van der Waals surface area (Å²) in [6, 6.07) is 15.7. The molecule has 0 heterocycles. The summed E-state index contributed by atoms with van der Waals surface area (Å²) in [6.45, 7) is 4.76. The van der Waals surface area contributed by atoms with E-state index in [2.05, 4.69) is 17.4 Å². The Morgan fingerprint density at radius 1 is 1.25 bits per heavy atom. The van der Waals surface area contributed by atoms with Crippen LogP contribution in [0.2, 0.25) is 5.02 Å². The predicted molar refractivity (Wildman–Crippen MR) is 102 cm³/mol. The van der Waals surface area contributed by atoms with Crippen LogP contribution in [0.4, 0.5) is 0 Å². The Bertz CT molecular complexity index is 664. The van der Waals surface area contributed by atoms with E-state index in [0.29, 0.717) is 23.9 Å². The molecule has 3 nitrogen and oxygen atoms in total. The fourth-order valence-electron chi connectivity index (χ4n) is 2.02. The first-order valence-electron chi connectivity index (χ1n) is 7.88. The SMILES string of the molecule is Cc1ccc(OCCNC(=O)[C@H](C)SCc2ccccc2)cc1Cl. The molecule has 128 valence electrons. The standard InChI is InChI=1S/C19H22ClNO2S/c1-14-8-9-17(12-18(14)20)23-11-10-21-19(22)15(2)24-13-16-6-4-3-5-7-16/h3-9,12,15H,10-11,13H2,1-2H3,(H,21,22)/t15-/m0/s1. The first kappa shape index (κ1) is 18.7. The largest absolute Gasteiger partial charge is 0.492 e. The lowest BCUT2D eigenvalue weighted by atomic mass is 10.2. The van der Waals surface area contributed by atoms with E-state index in [9.17, 15) is 4.79 Å². The molecule has 1 atom stereocenters. The number of carbonyl (C=O) groups is 1. The van der Waals surface area contributed by atoms with Gasteiger partial charge in [0.15, 0.2) is 0 Å². The second kappa shape index (κ2) is 9.60. The number of halogens is 1. The Morgan fingerprint density at radius 2 is 2.00 bits per heavy atom. The lowest BCUT2D eigenvalue weighted by Crippen LogP contribution is -2.34. The van der Waals surface area contributed by atoms with Crippen molar-refractivity contribution < 1.29 is 9.53 Å². The van der Waals surface area contributed by atoms with Crippen LogP contribution >= 0.6 is 23.4 Å². The summed E-state index contributed by atoms with van der Waals surface area (Å²) in [5.41, 5.74) is 2.24. The van der Waals surface area contributed by atoms with E-state index < -0.39 is 0 Å². The van der Waals surface area contributed by atoms with Crippen LogP contribution in [0.15, 0.2) is 48.5 Å². The molecule has 0 aromatic heterocycles. The third kappa shape index (κ3) is 6.10. The molecule has 0 radical (unpaired) electrons. The first-order chi connectivity index (χ1) is 11.6. The molecule has 0 saturated heterocycles. The van der Waals surface area contributed by atoms with Gasteiger partial charge >= 0.3 is 0 Å². The van der Waals surface area contributed by atoms with Crippen LogP contribution < -0.4 is 10.1 Å². The summed E-state index contributed by atoms with van der Waals surface area (Å²) in [7, 11) is 0. The molecule has 0 saturated carbocycles. The van der Waals surface area contributed by atoms with Gasteiger partial charge in [-0.2, -0.15) is 0 Å². The number of aryl methyl sites for hydroxylation is 1. The molecule has 24 heavy (non-hydrogen) atoms. The van der Waals surface area contributed by atoms with Crippen LogP contribution in [-0.4, -0.2) is 24.3 Å². The topological polar surface area (TPSA) is 38.3 Å². The maximum atomic E-state index is 12.1. The maximum Gasteiger partial charge on any atom is 0.232 e.